The van der Waals surface area contributed by atoms with Crippen LogP contribution in [0.15, 0.2) is 43.0 Å². The summed E-state index contributed by atoms with van der Waals surface area (Å²) < 4.78 is 0. The van der Waals surface area contributed by atoms with Crippen molar-refractivity contribution in [2.75, 3.05) is 19.8 Å². The summed E-state index contributed by atoms with van der Waals surface area (Å²) in [7, 11) is 0. The molecule has 0 spiro atoms. The molecular formula is C19H28N2O4. The predicted molar refractivity (Wildman–Crippen MR) is 96.6 cm³/mol. The third-order valence-electron chi connectivity index (χ3n) is 3.84. The van der Waals surface area contributed by atoms with Crippen LogP contribution in [-0.2, 0) is 16.1 Å². The SMILES string of the molecule is C=CCC(CC(=O)N(CCO)Cc1ccccc1)C(=O)NC(C)CO. The third kappa shape index (κ3) is 7.49. The summed E-state index contributed by atoms with van der Waals surface area (Å²) in [6.45, 7) is 5.63. The van der Waals surface area contributed by atoms with Crippen molar-refractivity contribution in [1.82, 2.24) is 10.2 Å². The van der Waals surface area contributed by atoms with Crippen molar-refractivity contribution in [1.29, 1.82) is 0 Å². The second-order valence-corrected chi connectivity index (χ2v) is 6.04. The van der Waals surface area contributed by atoms with E-state index in [2.05, 4.69) is 11.9 Å². The summed E-state index contributed by atoms with van der Waals surface area (Å²) in [5, 5.41) is 21.0. The Bertz CT molecular complexity index is 548. The molecule has 6 heteroatoms. The van der Waals surface area contributed by atoms with Crippen molar-refractivity contribution in [3.05, 3.63) is 48.6 Å². The lowest BCUT2D eigenvalue weighted by Gasteiger charge is -2.25. The quantitative estimate of drug-likeness (QED) is 0.522. The van der Waals surface area contributed by atoms with Gasteiger partial charge >= 0.3 is 0 Å². The highest BCUT2D eigenvalue weighted by Crippen LogP contribution is 2.14. The molecule has 0 saturated heterocycles. The van der Waals surface area contributed by atoms with Crippen molar-refractivity contribution in [3.63, 3.8) is 0 Å². The minimum atomic E-state index is -0.545. The molecule has 1 aromatic carbocycles. The number of nitrogens with one attached hydrogen (secondary N) is 1. The zero-order valence-electron chi connectivity index (χ0n) is 14.7. The summed E-state index contributed by atoms with van der Waals surface area (Å²) in [5.41, 5.74) is 0.961. The number of aliphatic hydroxyl groups excluding tert-OH is 2. The van der Waals surface area contributed by atoms with Crippen LogP contribution >= 0.6 is 0 Å². The first-order chi connectivity index (χ1) is 12.0. The molecule has 2 atom stereocenters. The Balaban J connectivity index is 2.76. The maximum absolute atomic E-state index is 12.6. The van der Waals surface area contributed by atoms with E-state index < -0.39 is 5.92 Å². The summed E-state index contributed by atoms with van der Waals surface area (Å²) in [6, 6.07) is 9.13. The van der Waals surface area contributed by atoms with Gasteiger partial charge in [-0.25, -0.2) is 0 Å². The number of carbonyl (C=O) groups is 2. The van der Waals surface area contributed by atoms with Gasteiger partial charge in [-0.3, -0.25) is 9.59 Å². The third-order valence-corrected chi connectivity index (χ3v) is 3.84. The number of nitrogens with zero attached hydrogens (tertiary/aromatic N) is 1. The van der Waals surface area contributed by atoms with Crippen molar-refractivity contribution in [3.8, 4) is 0 Å². The van der Waals surface area contributed by atoms with Gasteiger partial charge in [0.2, 0.25) is 11.8 Å². The van der Waals surface area contributed by atoms with Gasteiger partial charge in [-0.2, -0.15) is 0 Å². The molecule has 0 aliphatic heterocycles. The molecule has 1 rings (SSSR count). The maximum Gasteiger partial charge on any atom is 0.224 e. The van der Waals surface area contributed by atoms with Gasteiger partial charge in [-0.15, -0.1) is 6.58 Å². The highest BCUT2D eigenvalue weighted by Gasteiger charge is 2.24. The Hall–Kier alpha value is -2.18. The van der Waals surface area contributed by atoms with Crippen LogP contribution < -0.4 is 5.32 Å². The number of amides is 2. The first kappa shape index (κ1) is 20.9. The van der Waals surface area contributed by atoms with Gasteiger partial charge in [0.05, 0.1) is 19.1 Å². The highest BCUT2D eigenvalue weighted by molar-refractivity contribution is 5.86. The normalized spacial score (nSPS) is 12.9. The first-order valence-corrected chi connectivity index (χ1v) is 8.46. The van der Waals surface area contributed by atoms with E-state index in [1.165, 1.54) is 0 Å². The van der Waals surface area contributed by atoms with Gasteiger partial charge < -0.3 is 20.4 Å². The van der Waals surface area contributed by atoms with E-state index in [0.717, 1.165) is 5.56 Å². The summed E-state index contributed by atoms with van der Waals surface area (Å²) in [6.07, 6.45) is 2.01. The molecule has 0 aliphatic carbocycles. The number of benzene rings is 1. The molecule has 6 nitrogen and oxygen atoms in total. The van der Waals surface area contributed by atoms with E-state index in [1.807, 2.05) is 30.3 Å². The lowest BCUT2D eigenvalue weighted by Crippen LogP contribution is -2.41. The Morgan fingerprint density at radius 3 is 2.52 bits per heavy atom. The van der Waals surface area contributed by atoms with Crippen molar-refractivity contribution >= 4 is 11.8 Å². The van der Waals surface area contributed by atoms with E-state index in [4.69, 9.17) is 5.11 Å². The Morgan fingerprint density at radius 2 is 1.96 bits per heavy atom. The second-order valence-electron chi connectivity index (χ2n) is 6.04. The molecule has 0 fully saturated rings. The van der Waals surface area contributed by atoms with Gasteiger partial charge in [-0.05, 0) is 18.9 Å². The van der Waals surface area contributed by atoms with Crippen LogP contribution in [0.1, 0.15) is 25.3 Å². The highest BCUT2D eigenvalue weighted by atomic mass is 16.3. The van der Waals surface area contributed by atoms with Gasteiger partial charge in [-0.1, -0.05) is 36.4 Å². The smallest absolute Gasteiger partial charge is 0.224 e. The summed E-state index contributed by atoms with van der Waals surface area (Å²) >= 11 is 0. The average Bonchev–Trinajstić information content (AvgIpc) is 2.61. The number of allylic oxidation sites excluding steroid dienone is 1. The molecule has 0 heterocycles. The van der Waals surface area contributed by atoms with Gasteiger partial charge in [0.25, 0.3) is 0 Å². The van der Waals surface area contributed by atoms with Crippen LogP contribution in [0.2, 0.25) is 0 Å². The Kier molecular flexibility index (Phi) is 9.50. The number of carbonyl (C=O) groups excluding carboxylic acids is 2. The Morgan fingerprint density at radius 1 is 1.28 bits per heavy atom. The molecule has 138 valence electrons. The zero-order chi connectivity index (χ0) is 18.7. The fourth-order valence-corrected chi connectivity index (χ4v) is 2.45. The minimum absolute atomic E-state index is 0.0306. The van der Waals surface area contributed by atoms with E-state index >= 15 is 0 Å². The molecule has 0 aromatic heterocycles. The fraction of sp³-hybridized carbons (Fsp3) is 0.474. The number of hydrogen-bond acceptors (Lipinski definition) is 4. The molecule has 2 unspecified atom stereocenters. The molecule has 0 radical (unpaired) electrons. The van der Waals surface area contributed by atoms with Gasteiger partial charge in [0.15, 0.2) is 0 Å². The van der Waals surface area contributed by atoms with Crippen LogP contribution in [0.5, 0.6) is 0 Å². The largest absolute Gasteiger partial charge is 0.395 e. The molecular weight excluding hydrogens is 320 g/mol. The number of hydrogen-bond donors (Lipinski definition) is 3. The molecule has 0 aliphatic rings. The van der Waals surface area contributed by atoms with Crippen LogP contribution in [0.4, 0.5) is 0 Å². The molecule has 25 heavy (non-hydrogen) atoms. The second kappa shape index (κ2) is 11.4. The maximum atomic E-state index is 12.6. The monoisotopic (exact) mass is 348 g/mol. The molecule has 2 amide bonds. The zero-order valence-corrected chi connectivity index (χ0v) is 14.7. The Labute approximate surface area is 149 Å². The minimum Gasteiger partial charge on any atom is -0.395 e. The van der Waals surface area contributed by atoms with Gasteiger partial charge in [0, 0.05) is 25.6 Å². The topological polar surface area (TPSA) is 89.9 Å². The van der Waals surface area contributed by atoms with Crippen molar-refractivity contribution in [2.45, 2.75) is 32.4 Å². The summed E-state index contributed by atoms with van der Waals surface area (Å²) in [4.78, 5) is 26.5. The van der Waals surface area contributed by atoms with Crippen LogP contribution in [0.3, 0.4) is 0 Å². The first-order valence-electron chi connectivity index (χ1n) is 8.46. The van der Waals surface area contributed by atoms with Crippen molar-refractivity contribution < 1.29 is 19.8 Å². The van der Waals surface area contributed by atoms with E-state index in [0.29, 0.717) is 13.0 Å². The van der Waals surface area contributed by atoms with Crippen molar-refractivity contribution in [2.24, 2.45) is 5.92 Å². The summed E-state index contributed by atoms with van der Waals surface area (Å²) in [5.74, 6) is -1.02. The van der Waals surface area contributed by atoms with E-state index in [1.54, 1.807) is 17.9 Å². The van der Waals surface area contributed by atoms with Crippen LogP contribution in [-0.4, -0.2) is 52.7 Å². The standard InChI is InChI=1S/C19H28N2O4/c1-3-7-17(19(25)20-15(2)14-23)12-18(24)21(10-11-22)13-16-8-5-4-6-9-16/h3-6,8-9,15,17,22-23H,1,7,10-14H2,2H3,(H,20,25). The average molecular weight is 348 g/mol. The molecule has 0 saturated carbocycles. The van der Waals surface area contributed by atoms with Gasteiger partial charge in [0.1, 0.15) is 0 Å². The van der Waals surface area contributed by atoms with Crippen LogP contribution in [0, 0.1) is 5.92 Å². The molecule has 0 bridgehead atoms. The number of aliphatic hydroxyl groups is 2. The van der Waals surface area contributed by atoms with E-state index in [9.17, 15) is 14.7 Å². The number of rotatable bonds is 11. The molecule has 3 N–H and O–H groups in total. The van der Waals surface area contributed by atoms with Crippen LogP contribution in [0.25, 0.3) is 0 Å². The lowest BCUT2D eigenvalue weighted by molar-refractivity contribution is -0.137. The fourth-order valence-electron chi connectivity index (χ4n) is 2.45. The van der Waals surface area contributed by atoms with E-state index in [-0.39, 0.29) is 44.0 Å². The predicted octanol–water partition coefficient (Wildman–Crippen LogP) is 1.09. The lowest BCUT2D eigenvalue weighted by atomic mass is 9.98. The molecule has 1 aromatic rings.